The molecule has 1 N–H and O–H groups in total. The number of ether oxygens (including phenoxy) is 2. The van der Waals surface area contributed by atoms with Crippen molar-refractivity contribution in [2.75, 3.05) is 19.8 Å². The maximum absolute atomic E-state index is 13.0. The molecule has 0 fully saturated rings. The minimum atomic E-state index is -1.18. The van der Waals surface area contributed by atoms with E-state index >= 15 is 0 Å². The van der Waals surface area contributed by atoms with E-state index in [0.717, 1.165) is 5.56 Å². The predicted molar refractivity (Wildman–Crippen MR) is 111 cm³/mol. The van der Waals surface area contributed by atoms with Crippen LogP contribution < -0.4 is 0 Å². The molecule has 1 aromatic rings. The summed E-state index contributed by atoms with van der Waals surface area (Å²) in [6.07, 6.45) is 1.50. The molecule has 1 heterocycles. The molecule has 7 nitrogen and oxygen atoms in total. The van der Waals surface area contributed by atoms with Gasteiger partial charge in [0, 0.05) is 12.5 Å². The molecule has 1 unspecified atom stereocenters. The Morgan fingerprint density at radius 2 is 1.60 bits per heavy atom. The molecule has 0 aliphatic carbocycles. The molecular weight excluding hydrogens is 386 g/mol. The van der Waals surface area contributed by atoms with E-state index in [1.807, 2.05) is 45.0 Å². The van der Waals surface area contributed by atoms with E-state index in [9.17, 15) is 19.5 Å². The van der Waals surface area contributed by atoms with Crippen LogP contribution in [0, 0.1) is 12.8 Å². The number of aryl methyl sites for hydroxylation is 1. The summed E-state index contributed by atoms with van der Waals surface area (Å²) in [5.41, 5.74) is 1.66. The Kier molecular flexibility index (Phi) is 7.80. The number of allylic oxidation sites excluding steroid dienone is 1. The number of esters is 2. The molecule has 0 saturated heterocycles. The summed E-state index contributed by atoms with van der Waals surface area (Å²) in [4.78, 5) is 39.4. The second kappa shape index (κ2) is 10.1. The minimum absolute atomic E-state index is 0.0246. The third-order valence-corrected chi connectivity index (χ3v) is 4.62. The lowest BCUT2D eigenvalue weighted by Gasteiger charge is -2.35. The molecule has 1 aliphatic heterocycles. The summed E-state index contributed by atoms with van der Waals surface area (Å²) in [5.74, 6) is -3.32. The molecule has 7 heteroatoms. The summed E-state index contributed by atoms with van der Waals surface area (Å²) >= 11 is 0. The lowest BCUT2D eigenvalue weighted by molar-refractivity contribution is -0.144. The van der Waals surface area contributed by atoms with Gasteiger partial charge in [-0.3, -0.25) is 0 Å². The Balaban J connectivity index is 2.80. The van der Waals surface area contributed by atoms with Gasteiger partial charge in [0.2, 0.25) is 0 Å². The zero-order valence-corrected chi connectivity index (χ0v) is 18.1. The lowest BCUT2D eigenvalue weighted by Crippen LogP contribution is -2.40. The number of hydrogen-bond acceptors (Lipinski definition) is 6. The van der Waals surface area contributed by atoms with Crippen LogP contribution in [-0.4, -0.2) is 47.7 Å². The van der Waals surface area contributed by atoms with Crippen LogP contribution in [0.15, 0.2) is 47.3 Å². The summed E-state index contributed by atoms with van der Waals surface area (Å²) in [6.45, 7) is 9.51. The molecule has 162 valence electrons. The largest absolute Gasteiger partial charge is 0.477 e. The third kappa shape index (κ3) is 5.09. The highest BCUT2D eigenvalue weighted by Crippen LogP contribution is 2.38. The van der Waals surface area contributed by atoms with Gasteiger partial charge in [-0.2, -0.15) is 0 Å². The van der Waals surface area contributed by atoms with Gasteiger partial charge >= 0.3 is 17.9 Å². The van der Waals surface area contributed by atoms with Crippen LogP contribution in [-0.2, 0) is 23.9 Å². The zero-order valence-electron chi connectivity index (χ0n) is 18.1. The monoisotopic (exact) mass is 415 g/mol. The first-order valence-electron chi connectivity index (χ1n) is 10.1. The summed E-state index contributed by atoms with van der Waals surface area (Å²) < 4.78 is 10.5. The number of benzene rings is 1. The third-order valence-electron chi connectivity index (χ3n) is 4.62. The van der Waals surface area contributed by atoms with Crippen LogP contribution in [0.3, 0.4) is 0 Å². The number of rotatable bonds is 8. The van der Waals surface area contributed by atoms with Crippen LogP contribution in [0.25, 0.3) is 0 Å². The van der Waals surface area contributed by atoms with E-state index in [-0.39, 0.29) is 42.6 Å². The second-order valence-corrected chi connectivity index (χ2v) is 7.45. The van der Waals surface area contributed by atoms with E-state index in [2.05, 4.69) is 0 Å². The molecular formula is C23H29NO6. The Hall–Kier alpha value is -3.09. The average Bonchev–Trinajstić information content (AvgIpc) is 2.67. The van der Waals surface area contributed by atoms with E-state index in [1.165, 1.54) is 11.0 Å². The van der Waals surface area contributed by atoms with Crippen molar-refractivity contribution in [2.45, 2.75) is 40.5 Å². The van der Waals surface area contributed by atoms with Crippen molar-refractivity contribution < 1.29 is 29.0 Å². The number of aliphatic carboxylic acids is 1. The van der Waals surface area contributed by atoms with Gasteiger partial charge < -0.3 is 19.5 Å². The topological polar surface area (TPSA) is 93.1 Å². The normalized spacial score (nSPS) is 16.4. The van der Waals surface area contributed by atoms with Crippen molar-refractivity contribution in [2.24, 2.45) is 5.92 Å². The quantitative estimate of drug-likeness (QED) is 0.651. The Labute approximate surface area is 177 Å². The fourth-order valence-corrected chi connectivity index (χ4v) is 3.37. The van der Waals surface area contributed by atoms with E-state index < -0.39 is 23.8 Å². The van der Waals surface area contributed by atoms with Crippen molar-refractivity contribution in [1.82, 2.24) is 4.90 Å². The fourth-order valence-electron chi connectivity index (χ4n) is 3.37. The van der Waals surface area contributed by atoms with Gasteiger partial charge in [-0.1, -0.05) is 43.7 Å². The Morgan fingerprint density at radius 3 is 2.10 bits per heavy atom. The standard InChI is InChI=1S/C23H29NO6/c1-6-29-22(27)19-17(16-10-8-15(5)9-11-16)12-18(21(25)26)24(13-14(3)4)20(19)23(28)30-7-2/h8-12,14,17H,6-7,13H2,1-5H3,(H,25,26). The first kappa shape index (κ1) is 23.2. The second-order valence-electron chi connectivity index (χ2n) is 7.45. The SMILES string of the molecule is CCOC(=O)C1=C(C(=O)OCC)N(CC(C)C)C(C(=O)O)=CC1c1ccc(C)cc1. The minimum Gasteiger partial charge on any atom is -0.477 e. The zero-order chi connectivity index (χ0) is 22.4. The molecule has 0 spiro atoms. The van der Waals surface area contributed by atoms with Crippen LogP contribution in [0.5, 0.6) is 0 Å². The van der Waals surface area contributed by atoms with Crippen LogP contribution in [0.4, 0.5) is 0 Å². The number of nitrogens with zero attached hydrogens (tertiary/aromatic N) is 1. The first-order valence-corrected chi connectivity index (χ1v) is 10.1. The highest BCUT2D eigenvalue weighted by atomic mass is 16.5. The van der Waals surface area contributed by atoms with Gasteiger partial charge in [0.25, 0.3) is 0 Å². The van der Waals surface area contributed by atoms with Crippen molar-refractivity contribution >= 4 is 17.9 Å². The average molecular weight is 415 g/mol. The van der Waals surface area contributed by atoms with Crippen LogP contribution >= 0.6 is 0 Å². The Morgan fingerprint density at radius 1 is 1.03 bits per heavy atom. The number of carboxylic acids is 1. The van der Waals surface area contributed by atoms with Gasteiger partial charge in [0.05, 0.1) is 18.8 Å². The number of carboxylic acid groups (broad SMARTS) is 1. The van der Waals surface area contributed by atoms with E-state index in [4.69, 9.17) is 9.47 Å². The molecule has 2 rings (SSSR count). The lowest BCUT2D eigenvalue weighted by atomic mass is 9.85. The van der Waals surface area contributed by atoms with E-state index in [1.54, 1.807) is 13.8 Å². The molecule has 0 radical (unpaired) electrons. The van der Waals surface area contributed by atoms with Gasteiger partial charge in [-0.15, -0.1) is 0 Å². The molecule has 0 saturated carbocycles. The van der Waals surface area contributed by atoms with Crippen LogP contribution in [0.2, 0.25) is 0 Å². The van der Waals surface area contributed by atoms with Crippen molar-refractivity contribution in [3.63, 3.8) is 0 Å². The number of hydrogen-bond donors (Lipinski definition) is 1. The highest BCUT2D eigenvalue weighted by molar-refractivity contribution is 6.04. The van der Waals surface area contributed by atoms with Crippen LogP contribution in [0.1, 0.15) is 44.7 Å². The molecule has 1 atom stereocenters. The summed E-state index contributed by atoms with van der Waals surface area (Å²) in [7, 11) is 0. The van der Waals surface area contributed by atoms with Crippen molar-refractivity contribution in [1.29, 1.82) is 0 Å². The maximum atomic E-state index is 13.0. The maximum Gasteiger partial charge on any atom is 0.355 e. The molecule has 0 amide bonds. The van der Waals surface area contributed by atoms with Gasteiger partial charge in [-0.25, -0.2) is 14.4 Å². The van der Waals surface area contributed by atoms with Gasteiger partial charge in [-0.05, 0) is 38.3 Å². The molecule has 1 aliphatic rings. The summed E-state index contributed by atoms with van der Waals surface area (Å²) in [5, 5.41) is 9.89. The molecule has 1 aromatic carbocycles. The predicted octanol–water partition coefficient (Wildman–Crippen LogP) is 3.40. The van der Waals surface area contributed by atoms with Gasteiger partial charge in [0.1, 0.15) is 11.4 Å². The Bertz CT molecular complexity index is 866. The highest BCUT2D eigenvalue weighted by Gasteiger charge is 2.40. The molecule has 0 aromatic heterocycles. The molecule has 30 heavy (non-hydrogen) atoms. The first-order chi connectivity index (χ1) is 14.2. The smallest absolute Gasteiger partial charge is 0.355 e. The van der Waals surface area contributed by atoms with Crippen molar-refractivity contribution in [3.8, 4) is 0 Å². The van der Waals surface area contributed by atoms with E-state index in [0.29, 0.717) is 5.56 Å². The van der Waals surface area contributed by atoms with Gasteiger partial charge in [0.15, 0.2) is 0 Å². The number of carbonyl (C=O) groups is 3. The summed E-state index contributed by atoms with van der Waals surface area (Å²) in [6, 6.07) is 7.37. The van der Waals surface area contributed by atoms with Crippen molar-refractivity contribution in [3.05, 3.63) is 58.4 Å². The molecule has 0 bridgehead atoms. The number of carbonyl (C=O) groups excluding carboxylic acids is 2. The fraction of sp³-hybridized carbons (Fsp3) is 0.435.